The molecule has 2 aliphatic rings. The van der Waals surface area contributed by atoms with Crippen LogP contribution in [0.1, 0.15) is 68.1 Å². The Balaban J connectivity index is 1.55. The van der Waals surface area contributed by atoms with Crippen LogP contribution in [0.3, 0.4) is 0 Å². The second kappa shape index (κ2) is 6.81. The van der Waals surface area contributed by atoms with E-state index in [1.165, 1.54) is 16.7 Å². The fourth-order valence-electron chi connectivity index (χ4n) is 3.91. The number of aliphatic carboxylic acids is 2. The van der Waals surface area contributed by atoms with Gasteiger partial charge in [-0.15, -0.1) is 0 Å². The number of carbonyl (C=O) groups is 2. The fraction of sp³-hybridized carbons (Fsp3) is 0.619. The molecule has 1 aromatic rings. The zero-order valence-electron chi connectivity index (χ0n) is 15.0. The highest BCUT2D eigenvalue weighted by Gasteiger charge is 2.50. The first-order valence-electron chi connectivity index (χ1n) is 9.42. The Kier molecular flexibility index (Phi) is 4.90. The Labute approximate surface area is 149 Å². The van der Waals surface area contributed by atoms with E-state index in [9.17, 15) is 19.8 Å². The van der Waals surface area contributed by atoms with Gasteiger partial charge in [0.25, 0.3) is 0 Å². The second-order valence-electron chi connectivity index (χ2n) is 8.15. The van der Waals surface area contributed by atoms with Crippen molar-refractivity contribution in [2.75, 3.05) is 0 Å². The highest BCUT2D eigenvalue weighted by atomic mass is 16.4. The van der Waals surface area contributed by atoms with Crippen molar-refractivity contribution >= 4 is 11.9 Å². The van der Waals surface area contributed by atoms with E-state index in [4.69, 9.17) is 0 Å². The molecule has 2 aliphatic carbocycles. The Morgan fingerprint density at radius 1 is 0.880 bits per heavy atom. The van der Waals surface area contributed by atoms with E-state index in [1.54, 1.807) is 0 Å². The maximum atomic E-state index is 11.3. The Morgan fingerprint density at radius 2 is 1.36 bits per heavy atom. The first-order valence-corrected chi connectivity index (χ1v) is 9.42. The first kappa shape index (κ1) is 18.0. The van der Waals surface area contributed by atoms with Gasteiger partial charge in [0.05, 0.1) is 10.8 Å². The van der Waals surface area contributed by atoms with Gasteiger partial charge in [0.1, 0.15) is 0 Å². The molecule has 0 atom stereocenters. The van der Waals surface area contributed by atoms with E-state index in [2.05, 4.69) is 25.1 Å². The summed E-state index contributed by atoms with van der Waals surface area (Å²) in [4.78, 5) is 22.6. The zero-order chi connectivity index (χ0) is 18.1. The summed E-state index contributed by atoms with van der Waals surface area (Å²) in [5.74, 6) is -1.28. The lowest BCUT2D eigenvalue weighted by atomic mass is 9.91. The molecular weight excluding hydrogens is 316 g/mol. The molecule has 4 nitrogen and oxygen atoms in total. The summed E-state index contributed by atoms with van der Waals surface area (Å²) in [7, 11) is 0. The van der Waals surface area contributed by atoms with Crippen molar-refractivity contribution < 1.29 is 19.8 Å². The zero-order valence-corrected chi connectivity index (χ0v) is 15.0. The van der Waals surface area contributed by atoms with Crippen molar-refractivity contribution in [1.82, 2.24) is 0 Å². The third kappa shape index (κ3) is 4.05. The number of benzene rings is 1. The van der Waals surface area contributed by atoms with Gasteiger partial charge in [-0.2, -0.15) is 0 Å². The van der Waals surface area contributed by atoms with Gasteiger partial charge in [-0.1, -0.05) is 23.8 Å². The number of hydrogen-bond acceptors (Lipinski definition) is 2. The fourth-order valence-corrected chi connectivity index (χ4v) is 3.91. The van der Waals surface area contributed by atoms with Gasteiger partial charge in [0.2, 0.25) is 0 Å². The van der Waals surface area contributed by atoms with Crippen LogP contribution in [-0.2, 0) is 22.4 Å². The molecular formula is C21H28O4. The van der Waals surface area contributed by atoms with Gasteiger partial charge < -0.3 is 10.2 Å². The summed E-state index contributed by atoms with van der Waals surface area (Å²) in [5, 5.41) is 18.6. The van der Waals surface area contributed by atoms with E-state index < -0.39 is 22.8 Å². The molecule has 1 aromatic carbocycles. The van der Waals surface area contributed by atoms with Gasteiger partial charge in [-0.25, -0.2) is 0 Å². The van der Waals surface area contributed by atoms with Crippen molar-refractivity contribution in [3.8, 4) is 0 Å². The average Bonchev–Trinajstić information content (AvgIpc) is 3.44. The lowest BCUT2D eigenvalue weighted by Crippen LogP contribution is -2.15. The summed E-state index contributed by atoms with van der Waals surface area (Å²) in [5.41, 5.74) is 2.95. The highest BCUT2D eigenvalue weighted by molar-refractivity contribution is 5.78. The smallest absolute Gasteiger partial charge is 0.309 e. The minimum absolute atomic E-state index is 0.440. The van der Waals surface area contributed by atoms with Crippen LogP contribution in [0.25, 0.3) is 0 Å². The summed E-state index contributed by atoms with van der Waals surface area (Å²) < 4.78 is 0. The van der Waals surface area contributed by atoms with Crippen molar-refractivity contribution in [3.63, 3.8) is 0 Å². The molecule has 136 valence electrons. The van der Waals surface area contributed by atoms with E-state index in [0.717, 1.165) is 64.2 Å². The van der Waals surface area contributed by atoms with Crippen LogP contribution in [-0.4, -0.2) is 22.2 Å². The molecule has 0 spiro atoms. The third-order valence-electron chi connectivity index (χ3n) is 6.18. The van der Waals surface area contributed by atoms with Crippen LogP contribution in [0.4, 0.5) is 0 Å². The van der Waals surface area contributed by atoms with Crippen molar-refractivity contribution in [3.05, 3.63) is 34.9 Å². The molecule has 2 N–H and O–H groups in total. The molecule has 3 rings (SSSR count). The van der Waals surface area contributed by atoms with Crippen LogP contribution < -0.4 is 0 Å². The molecule has 0 amide bonds. The number of rotatable bonds is 10. The molecule has 0 aromatic heterocycles. The van der Waals surface area contributed by atoms with Crippen LogP contribution >= 0.6 is 0 Å². The number of hydrogen-bond donors (Lipinski definition) is 2. The monoisotopic (exact) mass is 344 g/mol. The van der Waals surface area contributed by atoms with E-state index in [-0.39, 0.29) is 0 Å². The number of carboxylic acid groups (broad SMARTS) is 2. The summed E-state index contributed by atoms with van der Waals surface area (Å²) >= 11 is 0. The van der Waals surface area contributed by atoms with Gasteiger partial charge in [-0.3, -0.25) is 9.59 Å². The van der Waals surface area contributed by atoms with Gasteiger partial charge >= 0.3 is 11.9 Å². The van der Waals surface area contributed by atoms with Crippen LogP contribution in [0, 0.1) is 17.8 Å². The maximum Gasteiger partial charge on any atom is 0.309 e. The highest BCUT2D eigenvalue weighted by Crippen LogP contribution is 2.51. The standard InChI is InChI=1S/C21H28O4/c1-15-6-7-16(4-2-8-20(10-11-20)18(22)23)17(14-15)5-3-9-21(12-13-21)19(24)25/h6-7,14H,2-5,8-13H2,1H3,(H,22,23)(H,24,25). The quantitative estimate of drug-likeness (QED) is 0.661. The molecule has 25 heavy (non-hydrogen) atoms. The minimum Gasteiger partial charge on any atom is -0.481 e. The number of carboxylic acids is 2. The molecule has 0 unspecified atom stereocenters. The molecule has 0 heterocycles. The van der Waals surface area contributed by atoms with Crippen LogP contribution in [0.5, 0.6) is 0 Å². The molecule has 2 saturated carbocycles. The maximum absolute atomic E-state index is 11.3. The van der Waals surface area contributed by atoms with Gasteiger partial charge in [0.15, 0.2) is 0 Å². The summed E-state index contributed by atoms with van der Waals surface area (Å²) in [6, 6.07) is 6.48. The lowest BCUT2D eigenvalue weighted by molar-refractivity contribution is -0.144. The van der Waals surface area contributed by atoms with Crippen LogP contribution in [0.15, 0.2) is 18.2 Å². The normalized spacial score (nSPS) is 19.4. The molecule has 4 heteroatoms. The minimum atomic E-state index is -0.639. The van der Waals surface area contributed by atoms with Gasteiger partial charge in [-0.05, 0) is 82.3 Å². The lowest BCUT2D eigenvalue weighted by Gasteiger charge is -2.14. The summed E-state index contributed by atoms with van der Waals surface area (Å²) in [6.45, 7) is 2.08. The van der Waals surface area contributed by atoms with Crippen molar-refractivity contribution in [2.45, 2.75) is 71.1 Å². The summed E-state index contributed by atoms with van der Waals surface area (Å²) in [6.07, 6.45) is 8.44. The average molecular weight is 344 g/mol. The molecule has 0 aliphatic heterocycles. The number of aryl methyl sites for hydroxylation is 3. The van der Waals surface area contributed by atoms with E-state index >= 15 is 0 Å². The Morgan fingerprint density at radius 3 is 1.80 bits per heavy atom. The molecule has 0 radical (unpaired) electrons. The first-order chi connectivity index (χ1) is 11.9. The van der Waals surface area contributed by atoms with E-state index in [0.29, 0.717) is 0 Å². The molecule has 2 fully saturated rings. The Bertz CT molecular complexity index is 668. The van der Waals surface area contributed by atoms with Crippen molar-refractivity contribution in [2.24, 2.45) is 10.8 Å². The predicted molar refractivity (Wildman–Crippen MR) is 95.7 cm³/mol. The predicted octanol–water partition coefficient (Wildman–Crippen LogP) is 4.37. The van der Waals surface area contributed by atoms with Gasteiger partial charge in [0, 0.05) is 0 Å². The van der Waals surface area contributed by atoms with E-state index in [1.807, 2.05) is 0 Å². The Hall–Kier alpha value is -1.84. The second-order valence-corrected chi connectivity index (χ2v) is 8.15. The largest absolute Gasteiger partial charge is 0.481 e. The van der Waals surface area contributed by atoms with Crippen molar-refractivity contribution in [1.29, 1.82) is 0 Å². The molecule has 0 bridgehead atoms. The SMILES string of the molecule is Cc1ccc(CCCC2(C(=O)O)CC2)c(CCCC2(C(=O)O)CC2)c1. The van der Waals surface area contributed by atoms with Crippen LogP contribution in [0.2, 0.25) is 0 Å². The topological polar surface area (TPSA) is 74.6 Å². The molecule has 0 saturated heterocycles. The third-order valence-corrected chi connectivity index (χ3v) is 6.18.